The number of nitrogens with zero attached hydrogens (tertiary/aromatic N) is 1. The van der Waals surface area contributed by atoms with Crippen LogP contribution in [0, 0.1) is 6.92 Å². The first-order valence-corrected chi connectivity index (χ1v) is 7.69. The van der Waals surface area contributed by atoms with E-state index in [1.54, 1.807) is 0 Å². The third-order valence-corrected chi connectivity index (χ3v) is 5.82. The first-order chi connectivity index (χ1) is 9.23. The van der Waals surface area contributed by atoms with Crippen molar-refractivity contribution in [3.8, 4) is 0 Å². The van der Waals surface area contributed by atoms with Crippen LogP contribution in [0.25, 0.3) is 0 Å². The summed E-state index contributed by atoms with van der Waals surface area (Å²) in [5.41, 5.74) is 0.269. The minimum Gasteiger partial charge on any atom is -0.477 e. The molecule has 0 unspecified atom stereocenters. The van der Waals surface area contributed by atoms with E-state index in [4.69, 9.17) is 5.11 Å². The quantitative estimate of drug-likeness (QED) is 0.718. The number of carboxylic acids is 1. The van der Waals surface area contributed by atoms with Gasteiger partial charge in [-0.25, -0.2) is 13.2 Å². The standard InChI is InChI=1S/C10H10N2O6S2/c1-5-4-19-8(10(15)16)9(5)20(17,18)12-2-6(13)11-7(14)3-12/h4H,2-3H2,1H3,(H,15,16)(H,11,13,14). The highest BCUT2D eigenvalue weighted by molar-refractivity contribution is 7.89. The van der Waals surface area contributed by atoms with Gasteiger partial charge >= 0.3 is 5.97 Å². The Balaban J connectivity index is 2.50. The number of imide groups is 1. The number of hydrogen-bond acceptors (Lipinski definition) is 6. The molecule has 0 radical (unpaired) electrons. The number of sulfonamides is 1. The Morgan fingerprint density at radius 2 is 1.90 bits per heavy atom. The number of thiophene rings is 1. The molecule has 0 bridgehead atoms. The van der Waals surface area contributed by atoms with Gasteiger partial charge in [0, 0.05) is 0 Å². The zero-order chi connectivity index (χ0) is 15.1. The maximum Gasteiger partial charge on any atom is 0.347 e. The van der Waals surface area contributed by atoms with Crippen LogP contribution in [0.4, 0.5) is 0 Å². The molecular weight excluding hydrogens is 308 g/mol. The highest BCUT2D eigenvalue weighted by atomic mass is 32.2. The van der Waals surface area contributed by atoms with Crippen LogP contribution in [-0.4, -0.2) is 48.7 Å². The molecule has 8 nitrogen and oxygen atoms in total. The van der Waals surface area contributed by atoms with E-state index in [0.29, 0.717) is 4.31 Å². The Kier molecular flexibility index (Phi) is 3.63. The summed E-state index contributed by atoms with van der Waals surface area (Å²) in [6, 6.07) is 0. The molecule has 10 heteroatoms. The van der Waals surface area contributed by atoms with Gasteiger partial charge in [0.05, 0.1) is 13.1 Å². The number of amides is 2. The van der Waals surface area contributed by atoms with Gasteiger partial charge in [-0.15, -0.1) is 11.3 Å². The molecule has 0 atom stereocenters. The maximum atomic E-state index is 12.4. The van der Waals surface area contributed by atoms with E-state index in [2.05, 4.69) is 0 Å². The molecule has 2 N–H and O–H groups in total. The lowest BCUT2D eigenvalue weighted by molar-refractivity contribution is -0.134. The molecule has 1 aromatic rings. The molecule has 2 amide bonds. The van der Waals surface area contributed by atoms with Crippen LogP contribution in [0.2, 0.25) is 0 Å². The van der Waals surface area contributed by atoms with E-state index in [1.165, 1.54) is 12.3 Å². The third kappa shape index (κ3) is 2.44. The highest BCUT2D eigenvalue weighted by Crippen LogP contribution is 2.29. The predicted molar refractivity (Wildman–Crippen MR) is 67.9 cm³/mol. The molecule has 0 spiro atoms. The SMILES string of the molecule is Cc1csc(C(=O)O)c1S(=O)(=O)N1CC(=O)NC(=O)C1. The number of carboxylic acid groups (broad SMARTS) is 1. The number of carbonyl (C=O) groups excluding carboxylic acids is 2. The van der Waals surface area contributed by atoms with E-state index in [9.17, 15) is 22.8 Å². The molecule has 108 valence electrons. The topological polar surface area (TPSA) is 121 Å². The van der Waals surface area contributed by atoms with Crippen molar-refractivity contribution in [2.75, 3.05) is 13.1 Å². The number of aryl methyl sites for hydroxylation is 1. The Morgan fingerprint density at radius 3 is 2.40 bits per heavy atom. The van der Waals surface area contributed by atoms with E-state index in [1.807, 2.05) is 5.32 Å². The van der Waals surface area contributed by atoms with Gasteiger partial charge in [0.2, 0.25) is 21.8 Å². The molecule has 2 rings (SSSR count). The molecule has 1 saturated heterocycles. The molecule has 1 aromatic heterocycles. The van der Waals surface area contributed by atoms with Crippen LogP contribution in [-0.2, 0) is 19.6 Å². The molecular formula is C10H10N2O6S2. The van der Waals surface area contributed by atoms with Crippen molar-refractivity contribution in [1.82, 2.24) is 9.62 Å². The summed E-state index contributed by atoms with van der Waals surface area (Å²) in [5.74, 6) is -2.85. The molecule has 0 aliphatic carbocycles. The predicted octanol–water partition coefficient (Wildman–Crippen LogP) is -0.598. The summed E-state index contributed by atoms with van der Waals surface area (Å²) < 4.78 is 25.5. The fourth-order valence-corrected chi connectivity index (χ4v) is 4.75. The largest absolute Gasteiger partial charge is 0.477 e. The number of hydrogen-bond donors (Lipinski definition) is 2. The molecule has 0 aromatic carbocycles. The average molecular weight is 318 g/mol. The number of rotatable bonds is 3. The summed E-state index contributed by atoms with van der Waals surface area (Å²) in [5, 5.41) is 12.4. The second kappa shape index (κ2) is 4.96. The second-order valence-corrected chi connectivity index (χ2v) is 6.88. The van der Waals surface area contributed by atoms with Crippen molar-refractivity contribution in [2.45, 2.75) is 11.8 Å². The first-order valence-electron chi connectivity index (χ1n) is 5.37. The maximum absolute atomic E-state index is 12.4. The van der Waals surface area contributed by atoms with E-state index in [0.717, 1.165) is 11.3 Å². The molecule has 1 aliphatic rings. The Labute approximate surface area is 118 Å². The molecule has 0 saturated carbocycles. The molecule has 2 heterocycles. The number of piperazine rings is 1. The monoisotopic (exact) mass is 318 g/mol. The second-order valence-electron chi connectivity index (χ2n) is 4.13. The van der Waals surface area contributed by atoms with Crippen molar-refractivity contribution in [3.63, 3.8) is 0 Å². The van der Waals surface area contributed by atoms with Crippen molar-refractivity contribution < 1.29 is 27.9 Å². The van der Waals surface area contributed by atoms with Crippen molar-refractivity contribution in [2.24, 2.45) is 0 Å². The fourth-order valence-electron chi connectivity index (χ4n) is 1.81. The van der Waals surface area contributed by atoms with Gasteiger partial charge in [-0.05, 0) is 17.9 Å². The minimum atomic E-state index is -4.21. The number of aromatic carboxylic acids is 1. The van der Waals surface area contributed by atoms with Gasteiger partial charge < -0.3 is 5.11 Å². The van der Waals surface area contributed by atoms with Gasteiger partial charge in [0.15, 0.2) is 0 Å². The zero-order valence-electron chi connectivity index (χ0n) is 10.2. The van der Waals surface area contributed by atoms with E-state index < -0.39 is 40.9 Å². The van der Waals surface area contributed by atoms with Gasteiger partial charge in [-0.3, -0.25) is 14.9 Å². The summed E-state index contributed by atoms with van der Waals surface area (Å²) in [7, 11) is -4.21. The summed E-state index contributed by atoms with van der Waals surface area (Å²) in [4.78, 5) is 32.9. The lowest BCUT2D eigenvalue weighted by atomic mass is 10.3. The molecule has 1 fully saturated rings. The Morgan fingerprint density at radius 1 is 1.35 bits per heavy atom. The fraction of sp³-hybridized carbons (Fsp3) is 0.300. The molecule has 20 heavy (non-hydrogen) atoms. The van der Waals surface area contributed by atoms with Crippen LogP contribution < -0.4 is 5.32 Å². The van der Waals surface area contributed by atoms with Crippen LogP contribution in [0.1, 0.15) is 15.2 Å². The van der Waals surface area contributed by atoms with Gasteiger partial charge in [0.25, 0.3) is 0 Å². The van der Waals surface area contributed by atoms with Gasteiger partial charge in [0.1, 0.15) is 9.77 Å². The van der Waals surface area contributed by atoms with E-state index in [-0.39, 0.29) is 15.3 Å². The van der Waals surface area contributed by atoms with Crippen LogP contribution in [0.15, 0.2) is 10.3 Å². The van der Waals surface area contributed by atoms with Crippen LogP contribution in [0.5, 0.6) is 0 Å². The summed E-state index contributed by atoms with van der Waals surface area (Å²) in [6.07, 6.45) is 0. The van der Waals surface area contributed by atoms with Crippen LogP contribution >= 0.6 is 11.3 Å². The summed E-state index contributed by atoms with van der Waals surface area (Å²) >= 11 is 0.786. The Bertz CT molecular complexity index is 689. The Hall–Kier alpha value is -1.78. The number of nitrogens with one attached hydrogen (secondary N) is 1. The normalized spacial score (nSPS) is 17.1. The van der Waals surface area contributed by atoms with E-state index >= 15 is 0 Å². The van der Waals surface area contributed by atoms with Crippen molar-refractivity contribution >= 4 is 39.1 Å². The zero-order valence-corrected chi connectivity index (χ0v) is 11.9. The van der Waals surface area contributed by atoms with Gasteiger partial charge in [-0.2, -0.15) is 4.31 Å². The first kappa shape index (κ1) is 14.6. The average Bonchev–Trinajstić information content (AvgIpc) is 2.70. The number of carbonyl (C=O) groups is 3. The van der Waals surface area contributed by atoms with Crippen molar-refractivity contribution in [3.05, 3.63) is 15.8 Å². The third-order valence-electron chi connectivity index (χ3n) is 2.63. The smallest absolute Gasteiger partial charge is 0.347 e. The lowest BCUT2D eigenvalue weighted by Crippen LogP contribution is -2.53. The highest BCUT2D eigenvalue weighted by Gasteiger charge is 2.37. The lowest BCUT2D eigenvalue weighted by Gasteiger charge is -2.25. The van der Waals surface area contributed by atoms with Crippen molar-refractivity contribution in [1.29, 1.82) is 0 Å². The van der Waals surface area contributed by atoms with Crippen LogP contribution in [0.3, 0.4) is 0 Å². The minimum absolute atomic E-state index is 0.269. The molecule has 1 aliphatic heterocycles. The summed E-state index contributed by atoms with van der Waals surface area (Å²) in [6.45, 7) is 0.437. The van der Waals surface area contributed by atoms with Gasteiger partial charge in [-0.1, -0.05) is 0 Å².